The number of hydrogen-bond donors (Lipinski definition) is 0. The molecule has 0 N–H and O–H groups in total. The lowest BCUT2D eigenvalue weighted by Crippen LogP contribution is -2.44. The molecule has 0 unspecified atom stereocenters. The number of alkyl halides is 1. The summed E-state index contributed by atoms with van der Waals surface area (Å²) in [6.45, 7) is 2.74. The van der Waals surface area contributed by atoms with Gasteiger partial charge in [0.2, 0.25) is 0 Å². The second-order valence-electron chi connectivity index (χ2n) is 2.38. The highest BCUT2D eigenvalue weighted by Gasteiger charge is 2.37. The minimum atomic E-state index is -2.29. The van der Waals surface area contributed by atoms with Crippen LogP contribution in [-0.4, -0.2) is 35.0 Å². The van der Waals surface area contributed by atoms with Gasteiger partial charge in [-0.3, -0.25) is 0 Å². The third-order valence-corrected chi connectivity index (χ3v) is 4.90. The van der Waals surface area contributed by atoms with E-state index in [9.17, 15) is 0 Å². The fraction of sp³-hybridized carbons (Fsp3) is 1.00. The Bertz CT molecular complexity index is 109. The third kappa shape index (κ3) is 4.00. The van der Waals surface area contributed by atoms with Crippen LogP contribution in [0.1, 0.15) is 13.3 Å². The van der Waals surface area contributed by atoms with E-state index in [0.29, 0.717) is 6.61 Å². The Labute approximate surface area is 83.9 Å². The van der Waals surface area contributed by atoms with E-state index >= 15 is 0 Å². The highest BCUT2D eigenvalue weighted by Crippen LogP contribution is 2.15. The van der Waals surface area contributed by atoms with Gasteiger partial charge in [0.1, 0.15) is 0 Å². The van der Waals surface area contributed by atoms with Gasteiger partial charge in [-0.15, -0.1) is 0 Å². The van der Waals surface area contributed by atoms with Crippen LogP contribution >= 0.6 is 15.9 Å². The van der Waals surface area contributed by atoms with E-state index in [4.69, 9.17) is 13.3 Å². The molecule has 3 nitrogen and oxygen atoms in total. The van der Waals surface area contributed by atoms with E-state index in [0.717, 1.165) is 17.8 Å². The molecule has 5 heteroatoms. The standard InChI is InChI=1S/C7H17BrO3Si/c1-4-7-12(9-2,10-3)11-6-5-8/h4-7H2,1-3H3. The van der Waals surface area contributed by atoms with E-state index in [1.54, 1.807) is 14.2 Å². The third-order valence-electron chi connectivity index (χ3n) is 1.58. The average Bonchev–Trinajstić information content (AvgIpc) is 2.13. The summed E-state index contributed by atoms with van der Waals surface area (Å²) in [5, 5.41) is 0.818. The van der Waals surface area contributed by atoms with Gasteiger partial charge in [-0.1, -0.05) is 29.3 Å². The molecule has 0 spiro atoms. The van der Waals surface area contributed by atoms with Crippen LogP contribution in [0.4, 0.5) is 0 Å². The van der Waals surface area contributed by atoms with Crippen molar-refractivity contribution < 1.29 is 13.3 Å². The van der Waals surface area contributed by atoms with Gasteiger partial charge in [-0.25, -0.2) is 0 Å². The monoisotopic (exact) mass is 256 g/mol. The molecule has 0 aliphatic heterocycles. The molecule has 12 heavy (non-hydrogen) atoms. The van der Waals surface area contributed by atoms with Crippen molar-refractivity contribution in [3.05, 3.63) is 0 Å². The highest BCUT2D eigenvalue weighted by molar-refractivity contribution is 9.09. The fourth-order valence-corrected chi connectivity index (χ4v) is 3.42. The maximum absolute atomic E-state index is 5.57. The summed E-state index contributed by atoms with van der Waals surface area (Å²) in [6, 6.07) is 0.882. The van der Waals surface area contributed by atoms with Crippen LogP contribution < -0.4 is 0 Å². The first-order valence-corrected chi connectivity index (χ1v) is 7.10. The second kappa shape index (κ2) is 7.03. The number of halogens is 1. The summed E-state index contributed by atoms with van der Waals surface area (Å²) in [6.07, 6.45) is 1.02. The topological polar surface area (TPSA) is 27.7 Å². The smallest absolute Gasteiger partial charge is 0.377 e. The first kappa shape index (κ1) is 12.6. The SMILES string of the molecule is CCC[Si](OC)(OC)OCCBr. The molecule has 0 atom stereocenters. The van der Waals surface area contributed by atoms with Crippen molar-refractivity contribution in [1.29, 1.82) is 0 Å². The first-order valence-electron chi connectivity index (χ1n) is 4.05. The molecule has 0 bridgehead atoms. The Morgan fingerprint density at radius 3 is 2.17 bits per heavy atom. The highest BCUT2D eigenvalue weighted by atomic mass is 79.9. The molecule has 0 rings (SSSR count). The lowest BCUT2D eigenvalue weighted by molar-refractivity contribution is 0.105. The van der Waals surface area contributed by atoms with Gasteiger partial charge in [0.25, 0.3) is 0 Å². The molecule has 0 aromatic carbocycles. The normalized spacial score (nSPS) is 12.0. The summed E-state index contributed by atoms with van der Waals surface area (Å²) in [5.41, 5.74) is 0. The van der Waals surface area contributed by atoms with Gasteiger partial charge < -0.3 is 13.3 Å². The Morgan fingerprint density at radius 2 is 1.83 bits per heavy atom. The lowest BCUT2D eigenvalue weighted by Gasteiger charge is -2.25. The fourth-order valence-electron chi connectivity index (χ4n) is 0.978. The minimum absolute atomic E-state index is 0.647. The summed E-state index contributed by atoms with van der Waals surface area (Å²) < 4.78 is 16.2. The van der Waals surface area contributed by atoms with Gasteiger partial charge in [0, 0.05) is 32.2 Å². The van der Waals surface area contributed by atoms with Crippen LogP contribution in [0, 0.1) is 0 Å². The summed E-state index contributed by atoms with van der Waals surface area (Å²) >= 11 is 3.30. The molecule has 0 aliphatic carbocycles. The minimum Gasteiger partial charge on any atom is -0.377 e. The average molecular weight is 257 g/mol. The van der Waals surface area contributed by atoms with Gasteiger partial charge in [-0.05, 0) is 0 Å². The van der Waals surface area contributed by atoms with Crippen molar-refractivity contribution in [2.24, 2.45) is 0 Å². The summed E-state index contributed by atoms with van der Waals surface area (Å²) in [5.74, 6) is 0. The Hall–Kier alpha value is 0.577. The van der Waals surface area contributed by atoms with Crippen molar-refractivity contribution >= 4 is 24.7 Å². The van der Waals surface area contributed by atoms with Crippen molar-refractivity contribution in [3.63, 3.8) is 0 Å². The zero-order valence-corrected chi connectivity index (χ0v) is 10.5. The van der Waals surface area contributed by atoms with Crippen LogP contribution in [0.25, 0.3) is 0 Å². The molecule has 0 amide bonds. The lowest BCUT2D eigenvalue weighted by atomic mass is 10.6. The quantitative estimate of drug-likeness (QED) is 0.516. The summed E-state index contributed by atoms with van der Waals surface area (Å²) in [7, 11) is 1.01. The zero-order chi connectivity index (χ0) is 9.45. The molecular weight excluding hydrogens is 240 g/mol. The molecule has 74 valence electrons. The van der Waals surface area contributed by atoms with Gasteiger partial charge in [-0.2, -0.15) is 0 Å². The predicted octanol–water partition coefficient (Wildman–Crippen LogP) is 2.04. The van der Waals surface area contributed by atoms with Crippen molar-refractivity contribution in [1.82, 2.24) is 0 Å². The van der Waals surface area contributed by atoms with Gasteiger partial charge >= 0.3 is 8.80 Å². The maximum Gasteiger partial charge on any atom is 0.500 e. The number of rotatable bonds is 7. The van der Waals surface area contributed by atoms with Crippen molar-refractivity contribution in [2.75, 3.05) is 26.2 Å². The van der Waals surface area contributed by atoms with Crippen LogP contribution in [0.15, 0.2) is 0 Å². The Balaban J connectivity index is 3.95. The van der Waals surface area contributed by atoms with E-state index in [2.05, 4.69) is 22.9 Å². The first-order chi connectivity index (χ1) is 5.74. The molecule has 0 aliphatic rings. The summed E-state index contributed by atoms with van der Waals surface area (Å²) in [4.78, 5) is 0. The maximum atomic E-state index is 5.57. The van der Waals surface area contributed by atoms with Crippen LogP contribution in [0.3, 0.4) is 0 Å². The molecule has 0 heterocycles. The molecule has 0 radical (unpaired) electrons. The van der Waals surface area contributed by atoms with E-state index in [1.165, 1.54) is 0 Å². The molecule has 0 aromatic heterocycles. The largest absolute Gasteiger partial charge is 0.500 e. The molecule has 0 fully saturated rings. The van der Waals surface area contributed by atoms with Crippen molar-refractivity contribution in [3.8, 4) is 0 Å². The Kier molecular flexibility index (Phi) is 7.36. The molecular formula is C7H17BrO3Si. The predicted molar refractivity (Wildman–Crippen MR) is 54.6 cm³/mol. The van der Waals surface area contributed by atoms with E-state index in [1.807, 2.05) is 0 Å². The van der Waals surface area contributed by atoms with E-state index in [-0.39, 0.29) is 0 Å². The van der Waals surface area contributed by atoms with Gasteiger partial charge in [0.05, 0.1) is 0 Å². The van der Waals surface area contributed by atoms with Gasteiger partial charge in [0.15, 0.2) is 0 Å². The molecule has 0 saturated carbocycles. The van der Waals surface area contributed by atoms with Crippen LogP contribution in [-0.2, 0) is 13.3 Å². The van der Waals surface area contributed by atoms with Crippen LogP contribution in [0.5, 0.6) is 0 Å². The van der Waals surface area contributed by atoms with Crippen molar-refractivity contribution in [2.45, 2.75) is 19.4 Å². The number of hydrogen-bond acceptors (Lipinski definition) is 3. The van der Waals surface area contributed by atoms with Crippen LogP contribution in [0.2, 0.25) is 6.04 Å². The second-order valence-corrected chi connectivity index (χ2v) is 6.14. The Morgan fingerprint density at radius 1 is 1.25 bits per heavy atom. The zero-order valence-electron chi connectivity index (χ0n) is 7.93. The molecule has 0 aromatic rings. The molecule has 0 saturated heterocycles. The van der Waals surface area contributed by atoms with E-state index < -0.39 is 8.80 Å².